The third kappa shape index (κ3) is 2.72. The summed E-state index contributed by atoms with van der Waals surface area (Å²) in [6, 6.07) is 13.9. The van der Waals surface area contributed by atoms with Crippen molar-refractivity contribution in [2.75, 3.05) is 0 Å². The van der Waals surface area contributed by atoms with Gasteiger partial charge in [0.1, 0.15) is 10.0 Å². The minimum Gasteiger partial charge on any atom is -0.504 e. The Bertz CT molecular complexity index is 759. The van der Waals surface area contributed by atoms with Gasteiger partial charge in [-0.2, -0.15) is 0 Å². The third-order valence-corrected chi connectivity index (χ3v) is 4.14. The summed E-state index contributed by atoms with van der Waals surface area (Å²) >= 11 is 1.36. The van der Waals surface area contributed by atoms with Gasteiger partial charge in [-0.05, 0) is 23.8 Å². The molecule has 0 bridgehead atoms. The second-order valence-corrected chi connectivity index (χ2v) is 5.55. The smallest absolute Gasteiger partial charge is 0.158 e. The van der Waals surface area contributed by atoms with Crippen LogP contribution < -0.4 is 5.73 Å². The van der Waals surface area contributed by atoms with Crippen molar-refractivity contribution in [1.82, 2.24) is 10.2 Å². The number of rotatable bonds is 3. The molecule has 4 N–H and O–H groups in total. The van der Waals surface area contributed by atoms with Crippen LogP contribution in [0.3, 0.4) is 0 Å². The second-order valence-electron chi connectivity index (χ2n) is 4.54. The molecule has 1 unspecified atom stereocenters. The fraction of sp³-hybridized carbons (Fsp3) is 0.0667. The lowest BCUT2D eigenvalue weighted by molar-refractivity contribution is 0.404. The lowest BCUT2D eigenvalue weighted by atomic mass is 10.1. The molecule has 21 heavy (non-hydrogen) atoms. The van der Waals surface area contributed by atoms with Crippen LogP contribution in [0.5, 0.6) is 11.5 Å². The molecular formula is C15H13N3O2S. The molecule has 2 aromatic carbocycles. The van der Waals surface area contributed by atoms with Crippen LogP contribution >= 0.6 is 11.3 Å². The van der Waals surface area contributed by atoms with Crippen molar-refractivity contribution in [2.24, 2.45) is 5.73 Å². The van der Waals surface area contributed by atoms with Gasteiger partial charge in [-0.25, -0.2) is 0 Å². The molecule has 1 atom stereocenters. The zero-order valence-corrected chi connectivity index (χ0v) is 11.8. The summed E-state index contributed by atoms with van der Waals surface area (Å²) in [5.41, 5.74) is 7.84. The largest absolute Gasteiger partial charge is 0.504 e. The van der Waals surface area contributed by atoms with E-state index in [1.165, 1.54) is 23.5 Å². The Balaban J connectivity index is 1.91. The first-order valence-electron chi connectivity index (χ1n) is 6.31. The molecule has 106 valence electrons. The number of aromatic hydroxyl groups is 2. The molecule has 1 heterocycles. The Kier molecular flexibility index (Phi) is 3.55. The molecule has 3 rings (SSSR count). The number of aromatic nitrogens is 2. The van der Waals surface area contributed by atoms with Crippen molar-refractivity contribution >= 4 is 11.3 Å². The molecule has 0 amide bonds. The molecule has 6 heteroatoms. The molecule has 3 aromatic rings. The van der Waals surface area contributed by atoms with Crippen molar-refractivity contribution < 1.29 is 10.2 Å². The summed E-state index contributed by atoms with van der Waals surface area (Å²) in [6.45, 7) is 0. The van der Waals surface area contributed by atoms with Gasteiger partial charge >= 0.3 is 0 Å². The first kappa shape index (κ1) is 13.5. The van der Waals surface area contributed by atoms with Crippen molar-refractivity contribution in [1.29, 1.82) is 0 Å². The van der Waals surface area contributed by atoms with E-state index in [1.807, 2.05) is 30.3 Å². The van der Waals surface area contributed by atoms with Crippen LogP contribution in [0, 0.1) is 0 Å². The third-order valence-electron chi connectivity index (χ3n) is 3.09. The van der Waals surface area contributed by atoms with E-state index >= 15 is 0 Å². The fourth-order valence-electron chi connectivity index (χ4n) is 1.94. The second kappa shape index (κ2) is 5.51. The summed E-state index contributed by atoms with van der Waals surface area (Å²) in [5, 5.41) is 28.4. The number of hydrogen-bond donors (Lipinski definition) is 3. The number of nitrogens with two attached hydrogens (primary N) is 1. The Hall–Kier alpha value is -2.44. The van der Waals surface area contributed by atoms with Crippen LogP contribution in [0.4, 0.5) is 0 Å². The fourth-order valence-corrected chi connectivity index (χ4v) is 2.81. The number of nitrogens with zero attached hydrogens (tertiary/aromatic N) is 2. The molecule has 0 radical (unpaired) electrons. The number of phenolic OH excluding ortho intramolecular Hbond substituents is 2. The Morgan fingerprint density at radius 1 is 0.952 bits per heavy atom. The lowest BCUT2D eigenvalue weighted by Crippen LogP contribution is -2.11. The Morgan fingerprint density at radius 2 is 1.71 bits per heavy atom. The van der Waals surface area contributed by atoms with Gasteiger partial charge in [0.2, 0.25) is 0 Å². The van der Waals surface area contributed by atoms with E-state index in [1.54, 1.807) is 6.07 Å². The number of hydrogen-bond acceptors (Lipinski definition) is 6. The zero-order chi connectivity index (χ0) is 14.8. The summed E-state index contributed by atoms with van der Waals surface area (Å²) in [5.74, 6) is -0.346. The van der Waals surface area contributed by atoms with E-state index in [-0.39, 0.29) is 17.5 Å². The topological polar surface area (TPSA) is 92.3 Å². The Morgan fingerprint density at radius 3 is 2.43 bits per heavy atom. The van der Waals surface area contributed by atoms with Gasteiger partial charge in [0.25, 0.3) is 0 Å². The molecule has 1 aromatic heterocycles. The summed E-state index contributed by atoms with van der Waals surface area (Å²) < 4.78 is 0. The van der Waals surface area contributed by atoms with Gasteiger partial charge in [-0.15, -0.1) is 10.2 Å². The number of benzene rings is 2. The highest BCUT2D eigenvalue weighted by Gasteiger charge is 2.15. The van der Waals surface area contributed by atoms with Gasteiger partial charge < -0.3 is 15.9 Å². The molecule has 0 aliphatic rings. The van der Waals surface area contributed by atoms with Crippen molar-refractivity contribution in [3.8, 4) is 22.1 Å². The maximum Gasteiger partial charge on any atom is 0.158 e. The summed E-state index contributed by atoms with van der Waals surface area (Å²) in [7, 11) is 0. The van der Waals surface area contributed by atoms with Crippen molar-refractivity contribution in [2.45, 2.75) is 6.04 Å². The van der Waals surface area contributed by atoms with Crippen LogP contribution in [-0.4, -0.2) is 20.4 Å². The molecule has 0 aliphatic carbocycles. The van der Waals surface area contributed by atoms with Crippen LogP contribution in [0.15, 0.2) is 48.5 Å². The quantitative estimate of drug-likeness (QED) is 0.647. The SMILES string of the molecule is NC(c1ccccc1)c1nnc(-c2ccc(O)c(O)c2)s1. The van der Waals surface area contributed by atoms with E-state index in [9.17, 15) is 10.2 Å². The first-order valence-corrected chi connectivity index (χ1v) is 7.13. The molecular weight excluding hydrogens is 286 g/mol. The predicted molar refractivity (Wildman–Crippen MR) is 81.1 cm³/mol. The van der Waals surface area contributed by atoms with Crippen molar-refractivity contribution in [3.05, 3.63) is 59.1 Å². The maximum absolute atomic E-state index is 9.54. The van der Waals surface area contributed by atoms with Gasteiger partial charge in [-0.3, -0.25) is 0 Å². The zero-order valence-electron chi connectivity index (χ0n) is 11.0. The van der Waals surface area contributed by atoms with Gasteiger partial charge in [0.05, 0.1) is 6.04 Å². The minimum atomic E-state index is -0.330. The molecule has 0 fully saturated rings. The van der Waals surface area contributed by atoms with E-state index in [0.717, 1.165) is 5.56 Å². The first-order chi connectivity index (χ1) is 10.1. The Labute approximate surface area is 125 Å². The molecule has 0 aliphatic heterocycles. The maximum atomic E-state index is 9.54. The lowest BCUT2D eigenvalue weighted by Gasteiger charge is -2.06. The van der Waals surface area contributed by atoms with Crippen LogP contribution in [0.1, 0.15) is 16.6 Å². The molecule has 0 saturated heterocycles. The highest BCUT2D eigenvalue weighted by atomic mass is 32.1. The van der Waals surface area contributed by atoms with E-state index in [2.05, 4.69) is 10.2 Å². The monoisotopic (exact) mass is 299 g/mol. The van der Waals surface area contributed by atoms with E-state index in [4.69, 9.17) is 5.73 Å². The van der Waals surface area contributed by atoms with Crippen LogP contribution in [-0.2, 0) is 0 Å². The van der Waals surface area contributed by atoms with Crippen LogP contribution in [0.2, 0.25) is 0 Å². The van der Waals surface area contributed by atoms with Gasteiger partial charge in [0, 0.05) is 5.56 Å². The minimum absolute atomic E-state index is 0.163. The molecule has 5 nitrogen and oxygen atoms in total. The highest BCUT2D eigenvalue weighted by Crippen LogP contribution is 2.33. The highest BCUT2D eigenvalue weighted by molar-refractivity contribution is 7.14. The number of phenols is 2. The summed E-state index contributed by atoms with van der Waals surface area (Å²) in [4.78, 5) is 0. The van der Waals surface area contributed by atoms with Crippen molar-refractivity contribution in [3.63, 3.8) is 0 Å². The molecule has 0 saturated carbocycles. The predicted octanol–water partition coefficient (Wildman–Crippen LogP) is 2.66. The van der Waals surface area contributed by atoms with Gasteiger partial charge in [-0.1, -0.05) is 41.7 Å². The normalized spacial score (nSPS) is 12.2. The summed E-state index contributed by atoms with van der Waals surface area (Å²) in [6.07, 6.45) is 0. The average molecular weight is 299 g/mol. The molecule has 0 spiro atoms. The average Bonchev–Trinajstić information content (AvgIpc) is 3.00. The standard InChI is InChI=1S/C15H13N3O2S/c16-13(9-4-2-1-3-5-9)15-18-17-14(21-15)10-6-7-11(19)12(20)8-10/h1-8,13,19-20H,16H2. The van der Waals surface area contributed by atoms with E-state index < -0.39 is 0 Å². The van der Waals surface area contributed by atoms with Gasteiger partial charge in [0.15, 0.2) is 11.5 Å². The van der Waals surface area contributed by atoms with E-state index in [0.29, 0.717) is 15.6 Å². The van der Waals surface area contributed by atoms with Crippen LogP contribution in [0.25, 0.3) is 10.6 Å².